The molecule has 0 unspecified atom stereocenters. The predicted octanol–water partition coefficient (Wildman–Crippen LogP) is 2.41. The van der Waals surface area contributed by atoms with Gasteiger partial charge in [0.1, 0.15) is 12.2 Å². The van der Waals surface area contributed by atoms with Crippen LogP contribution in [-0.2, 0) is 4.79 Å². The summed E-state index contributed by atoms with van der Waals surface area (Å²) in [5.41, 5.74) is 0.583. The molecule has 1 N–H and O–H groups in total. The van der Waals surface area contributed by atoms with Crippen LogP contribution in [0.25, 0.3) is 0 Å². The number of carboxylic acids is 1. The lowest BCUT2D eigenvalue weighted by molar-refractivity contribution is -0.135. The Balaban J connectivity index is 2.81. The van der Waals surface area contributed by atoms with Crippen LogP contribution in [0.2, 0.25) is 0 Å². The van der Waals surface area contributed by atoms with Crippen molar-refractivity contribution in [3.05, 3.63) is 34.1 Å². The summed E-state index contributed by atoms with van der Waals surface area (Å²) in [5.74, 6) is 3.73. The first-order chi connectivity index (χ1) is 6.59. The number of aliphatic carboxylic acids is 1. The van der Waals surface area contributed by atoms with Gasteiger partial charge in [0, 0.05) is 5.56 Å². The molecular weight excluding hydrogens is 251 g/mol. The number of hydrogen-bond acceptors (Lipinski definition) is 1. The number of hydrogen-bond donors (Lipinski definition) is 1. The third-order valence-corrected chi connectivity index (χ3v) is 2.00. The second-order valence-corrected chi connectivity index (χ2v) is 3.36. The molecule has 0 fully saturated rings. The SMILES string of the molecule is O=C(O)CC#Cc1ccc(F)c(Br)c1. The third kappa shape index (κ3) is 3.19. The third-order valence-electron chi connectivity index (χ3n) is 1.39. The van der Waals surface area contributed by atoms with Crippen molar-refractivity contribution in [1.82, 2.24) is 0 Å². The molecule has 2 nitrogen and oxygen atoms in total. The maximum Gasteiger partial charge on any atom is 0.315 e. The van der Waals surface area contributed by atoms with Crippen molar-refractivity contribution in [2.24, 2.45) is 0 Å². The molecule has 1 aromatic rings. The van der Waals surface area contributed by atoms with Gasteiger partial charge in [-0.05, 0) is 34.1 Å². The van der Waals surface area contributed by atoms with E-state index in [-0.39, 0.29) is 12.2 Å². The second kappa shape index (κ2) is 4.77. The van der Waals surface area contributed by atoms with Gasteiger partial charge in [0.15, 0.2) is 0 Å². The average Bonchev–Trinajstić information content (AvgIpc) is 2.10. The Kier molecular flexibility index (Phi) is 3.66. The van der Waals surface area contributed by atoms with E-state index in [1.165, 1.54) is 18.2 Å². The molecule has 0 saturated heterocycles. The number of carboxylic acid groups (broad SMARTS) is 1. The van der Waals surface area contributed by atoms with Crippen molar-refractivity contribution in [3.8, 4) is 11.8 Å². The van der Waals surface area contributed by atoms with Crippen LogP contribution in [0, 0.1) is 17.7 Å². The van der Waals surface area contributed by atoms with E-state index in [4.69, 9.17) is 5.11 Å². The molecule has 0 spiro atoms. The molecule has 0 atom stereocenters. The zero-order chi connectivity index (χ0) is 10.6. The minimum absolute atomic E-state index is 0.213. The van der Waals surface area contributed by atoms with Gasteiger partial charge in [-0.15, -0.1) is 0 Å². The molecule has 0 aliphatic heterocycles. The molecule has 0 amide bonds. The zero-order valence-corrected chi connectivity index (χ0v) is 8.64. The molecule has 1 aromatic carbocycles. The molecule has 1 rings (SSSR count). The standard InChI is InChI=1S/C10H6BrFO2/c11-8-6-7(4-5-9(8)12)2-1-3-10(13)14/h4-6H,3H2,(H,13,14). The summed E-state index contributed by atoms with van der Waals surface area (Å²) < 4.78 is 13.1. The van der Waals surface area contributed by atoms with Gasteiger partial charge < -0.3 is 5.11 Å². The van der Waals surface area contributed by atoms with Crippen LogP contribution < -0.4 is 0 Å². The normalized spacial score (nSPS) is 9.00. The minimum atomic E-state index is -0.973. The Morgan fingerprint density at radius 2 is 2.29 bits per heavy atom. The van der Waals surface area contributed by atoms with Crippen LogP contribution in [-0.4, -0.2) is 11.1 Å². The van der Waals surface area contributed by atoms with Crippen molar-refractivity contribution < 1.29 is 14.3 Å². The molecule has 0 bridgehead atoms. The van der Waals surface area contributed by atoms with Crippen molar-refractivity contribution in [1.29, 1.82) is 0 Å². The number of carbonyl (C=O) groups is 1. The zero-order valence-electron chi connectivity index (χ0n) is 7.05. The summed E-state index contributed by atoms with van der Waals surface area (Å²) in [6.07, 6.45) is -0.213. The fraction of sp³-hybridized carbons (Fsp3) is 0.100. The van der Waals surface area contributed by atoms with E-state index >= 15 is 0 Å². The predicted molar refractivity (Wildman–Crippen MR) is 53.2 cm³/mol. The first-order valence-corrected chi connectivity index (χ1v) is 4.54. The van der Waals surface area contributed by atoms with E-state index in [1.807, 2.05) is 0 Å². The fourth-order valence-corrected chi connectivity index (χ4v) is 1.17. The van der Waals surface area contributed by atoms with Crippen LogP contribution in [0.15, 0.2) is 22.7 Å². The van der Waals surface area contributed by atoms with Gasteiger partial charge in [0.25, 0.3) is 0 Å². The van der Waals surface area contributed by atoms with Gasteiger partial charge in [-0.3, -0.25) is 4.79 Å². The molecule has 0 aromatic heterocycles. The lowest BCUT2D eigenvalue weighted by Crippen LogP contribution is -1.90. The van der Waals surface area contributed by atoms with Crippen molar-refractivity contribution in [3.63, 3.8) is 0 Å². The maximum atomic E-state index is 12.8. The summed E-state index contributed by atoms with van der Waals surface area (Å²) in [7, 11) is 0. The Bertz CT molecular complexity index is 418. The lowest BCUT2D eigenvalue weighted by Gasteiger charge is -1.93. The van der Waals surface area contributed by atoms with Crippen molar-refractivity contribution in [2.75, 3.05) is 0 Å². The molecule has 0 saturated carbocycles. The van der Waals surface area contributed by atoms with Crippen LogP contribution in [0.4, 0.5) is 4.39 Å². The van der Waals surface area contributed by atoms with E-state index in [2.05, 4.69) is 27.8 Å². The van der Waals surface area contributed by atoms with E-state index in [0.29, 0.717) is 10.0 Å². The Hall–Kier alpha value is -1.34. The van der Waals surface area contributed by atoms with Gasteiger partial charge in [0.05, 0.1) is 4.47 Å². The van der Waals surface area contributed by atoms with Gasteiger partial charge in [0.2, 0.25) is 0 Å². The first kappa shape index (κ1) is 10.7. The van der Waals surface area contributed by atoms with Crippen LogP contribution >= 0.6 is 15.9 Å². The fourth-order valence-electron chi connectivity index (χ4n) is 0.796. The van der Waals surface area contributed by atoms with Crippen molar-refractivity contribution >= 4 is 21.9 Å². The van der Waals surface area contributed by atoms with E-state index in [9.17, 15) is 9.18 Å². The van der Waals surface area contributed by atoms with E-state index in [0.717, 1.165) is 0 Å². The second-order valence-electron chi connectivity index (χ2n) is 2.50. The first-order valence-electron chi connectivity index (χ1n) is 3.75. The monoisotopic (exact) mass is 256 g/mol. The molecule has 0 radical (unpaired) electrons. The summed E-state index contributed by atoms with van der Waals surface area (Å²) in [5, 5.41) is 8.32. The van der Waals surface area contributed by atoms with Gasteiger partial charge in [-0.1, -0.05) is 11.8 Å². The Morgan fingerprint density at radius 3 is 2.86 bits per heavy atom. The van der Waals surface area contributed by atoms with Crippen LogP contribution in [0.3, 0.4) is 0 Å². The molecule has 0 aliphatic carbocycles. The summed E-state index contributed by atoms with van der Waals surface area (Å²) in [6, 6.07) is 4.27. The van der Waals surface area contributed by atoms with Gasteiger partial charge in [-0.25, -0.2) is 4.39 Å². The summed E-state index contributed by atoms with van der Waals surface area (Å²) >= 11 is 3.01. The molecular formula is C10H6BrFO2. The maximum absolute atomic E-state index is 12.8. The van der Waals surface area contributed by atoms with Crippen molar-refractivity contribution in [2.45, 2.75) is 6.42 Å². The molecule has 14 heavy (non-hydrogen) atoms. The summed E-state index contributed by atoms with van der Waals surface area (Å²) in [6.45, 7) is 0. The topological polar surface area (TPSA) is 37.3 Å². The average molecular weight is 257 g/mol. The largest absolute Gasteiger partial charge is 0.481 e. The number of rotatable bonds is 1. The molecule has 4 heteroatoms. The highest BCUT2D eigenvalue weighted by Gasteiger charge is 1.97. The summed E-state index contributed by atoms with van der Waals surface area (Å²) in [4.78, 5) is 10.1. The van der Waals surface area contributed by atoms with E-state index in [1.54, 1.807) is 0 Å². The molecule has 72 valence electrons. The highest BCUT2D eigenvalue weighted by molar-refractivity contribution is 9.10. The highest BCUT2D eigenvalue weighted by atomic mass is 79.9. The Morgan fingerprint density at radius 1 is 1.57 bits per heavy atom. The minimum Gasteiger partial charge on any atom is -0.481 e. The quantitative estimate of drug-likeness (QED) is 0.784. The number of halogens is 2. The van der Waals surface area contributed by atoms with Crippen LogP contribution in [0.5, 0.6) is 0 Å². The van der Waals surface area contributed by atoms with Crippen LogP contribution in [0.1, 0.15) is 12.0 Å². The Labute approximate surface area is 88.9 Å². The highest BCUT2D eigenvalue weighted by Crippen LogP contribution is 2.15. The molecule has 0 heterocycles. The number of benzene rings is 1. The smallest absolute Gasteiger partial charge is 0.315 e. The lowest BCUT2D eigenvalue weighted by atomic mass is 10.2. The van der Waals surface area contributed by atoms with E-state index < -0.39 is 5.97 Å². The van der Waals surface area contributed by atoms with Gasteiger partial charge in [-0.2, -0.15) is 0 Å². The molecule has 0 aliphatic rings. The van der Waals surface area contributed by atoms with Gasteiger partial charge >= 0.3 is 5.97 Å².